The lowest BCUT2D eigenvalue weighted by atomic mass is 10.1. The van der Waals surface area contributed by atoms with Crippen LogP contribution >= 0.6 is 0 Å². The molecular formula is C11H10N3+. The normalized spacial score (nSPS) is 11.1. The lowest BCUT2D eigenvalue weighted by Crippen LogP contribution is -1.98. The van der Waals surface area contributed by atoms with Gasteiger partial charge in [-0.25, -0.2) is 4.98 Å². The van der Waals surface area contributed by atoms with Gasteiger partial charge in [0.2, 0.25) is 5.52 Å². The quantitative estimate of drug-likeness (QED) is 0.549. The molecule has 0 atom stereocenters. The summed E-state index contributed by atoms with van der Waals surface area (Å²) in [6, 6.07) is 8.04. The van der Waals surface area contributed by atoms with E-state index in [0.717, 1.165) is 22.1 Å². The molecule has 0 unspecified atom stereocenters. The number of aromatic amines is 2. The monoisotopic (exact) mass is 184 g/mol. The van der Waals surface area contributed by atoms with Crippen LogP contribution in [0.5, 0.6) is 0 Å². The first-order chi connectivity index (χ1) is 6.86. The SMILES string of the molecule is Nc1cc[nH]c2ccc3cc[nH+]c3c12. The number of rotatable bonds is 0. The number of benzene rings is 1. The van der Waals surface area contributed by atoms with Crippen LogP contribution < -0.4 is 10.7 Å². The summed E-state index contributed by atoms with van der Waals surface area (Å²) in [6.45, 7) is 0. The number of pyridine rings is 1. The molecule has 2 heterocycles. The smallest absolute Gasteiger partial charge is 0.222 e. The molecule has 3 heteroatoms. The number of fused-ring (bicyclic) bond motifs is 3. The van der Waals surface area contributed by atoms with E-state index in [9.17, 15) is 0 Å². The lowest BCUT2D eigenvalue weighted by Gasteiger charge is -1.99. The Morgan fingerprint density at radius 3 is 3.00 bits per heavy atom. The Balaban J connectivity index is 2.67. The van der Waals surface area contributed by atoms with Gasteiger partial charge in [0, 0.05) is 18.0 Å². The molecule has 0 aliphatic rings. The first kappa shape index (κ1) is 7.38. The van der Waals surface area contributed by atoms with Crippen molar-refractivity contribution >= 4 is 27.5 Å². The van der Waals surface area contributed by atoms with E-state index in [2.05, 4.69) is 16.0 Å². The van der Waals surface area contributed by atoms with Crippen molar-refractivity contribution in [2.75, 3.05) is 5.73 Å². The average molecular weight is 184 g/mol. The highest BCUT2D eigenvalue weighted by molar-refractivity contribution is 6.07. The zero-order valence-electron chi connectivity index (χ0n) is 7.54. The number of H-pyrrole nitrogens is 2. The summed E-state index contributed by atoms with van der Waals surface area (Å²) in [4.78, 5) is 6.38. The van der Waals surface area contributed by atoms with Crippen molar-refractivity contribution in [2.45, 2.75) is 0 Å². The van der Waals surface area contributed by atoms with Crippen LogP contribution in [0.15, 0.2) is 36.7 Å². The van der Waals surface area contributed by atoms with Crippen LogP contribution in [0.25, 0.3) is 21.8 Å². The van der Waals surface area contributed by atoms with Gasteiger partial charge in [-0.05, 0) is 18.2 Å². The molecule has 0 bridgehead atoms. The fraction of sp³-hybridized carbons (Fsp3) is 0. The molecule has 0 saturated carbocycles. The summed E-state index contributed by atoms with van der Waals surface area (Å²) in [6.07, 6.45) is 3.78. The van der Waals surface area contributed by atoms with Gasteiger partial charge in [-0.15, -0.1) is 0 Å². The lowest BCUT2D eigenvalue weighted by molar-refractivity contribution is -0.340. The number of anilines is 1. The van der Waals surface area contributed by atoms with Crippen molar-refractivity contribution in [3.8, 4) is 0 Å². The highest BCUT2D eigenvalue weighted by atomic mass is 14.7. The molecule has 3 aromatic rings. The largest absolute Gasteiger partial charge is 0.398 e. The van der Waals surface area contributed by atoms with Crippen molar-refractivity contribution in [1.29, 1.82) is 0 Å². The predicted molar refractivity (Wildman–Crippen MR) is 56.8 cm³/mol. The number of nitrogen functional groups attached to an aromatic ring is 1. The molecule has 14 heavy (non-hydrogen) atoms. The summed E-state index contributed by atoms with van der Waals surface area (Å²) >= 11 is 0. The second kappa shape index (κ2) is 2.48. The molecule has 0 radical (unpaired) electrons. The van der Waals surface area contributed by atoms with E-state index in [1.807, 2.05) is 30.6 Å². The molecule has 4 N–H and O–H groups in total. The van der Waals surface area contributed by atoms with Gasteiger partial charge in [0.05, 0.1) is 16.3 Å². The number of nitrogens with one attached hydrogen (secondary N) is 2. The molecule has 0 aliphatic carbocycles. The molecule has 0 spiro atoms. The van der Waals surface area contributed by atoms with Gasteiger partial charge < -0.3 is 10.7 Å². The first-order valence-electron chi connectivity index (χ1n) is 4.52. The molecule has 68 valence electrons. The molecule has 3 nitrogen and oxygen atoms in total. The van der Waals surface area contributed by atoms with Crippen LogP contribution in [0.2, 0.25) is 0 Å². The van der Waals surface area contributed by atoms with Gasteiger partial charge in [-0.1, -0.05) is 0 Å². The highest BCUT2D eigenvalue weighted by Gasteiger charge is 2.09. The Morgan fingerprint density at radius 2 is 2.07 bits per heavy atom. The van der Waals surface area contributed by atoms with Crippen LogP contribution in [0.1, 0.15) is 0 Å². The number of hydrogen-bond donors (Lipinski definition) is 2. The summed E-state index contributed by atoms with van der Waals surface area (Å²) < 4.78 is 0. The second-order valence-electron chi connectivity index (χ2n) is 3.36. The summed E-state index contributed by atoms with van der Waals surface area (Å²) in [5, 5.41) is 2.25. The Bertz CT molecular complexity index is 610. The van der Waals surface area contributed by atoms with Gasteiger partial charge in [0.1, 0.15) is 0 Å². The minimum Gasteiger partial charge on any atom is -0.398 e. The number of aromatic nitrogens is 2. The topological polar surface area (TPSA) is 56.0 Å². The third-order valence-corrected chi connectivity index (χ3v) is 2.52. The maximum Gasteiger partial charge on any atom is 0.222 e. The van der Waals surface area contributed by atoms with E-state index in [0.29, 0.717) is 0 Å². The minimum atomic E-state index is 0.798. The molecular weight excluding hydrogens is 174 g/mol. The molecule has 1 aromatic carbocycles. The van der Waals surface area contributed by atoms with Gasteiger partial charge >= 0.3 is 0 Å². The molecule has 0 aliphatic heterocycles. The minimum absolute atomic E-state index is 0.798. The Labute approximate surface area is 80.6 Å². The van der Waals surface area contributed by atoms with Crippen LogP contribution in [-0.4, -0.2) is 4.98 Å². The molecule has 0 saturated heterocycles. The van der Waals surface area contributed by atoms with Crippen molar-refractivity contribution in [3.05, 3.63) is 36.7 Å². The van der Waals surface area contributed by atoms with Gasteiger partial charge in [-0.2, -0.15) is 0 Å². The molecule has 2 aromatic heterocycles. The Morgan fingerprint density at radius 1 is 1.14 bits per heavy atom. The fourth-order valence-electron chi connectivity index (χ4n) is 1.85. The van der Waals surface area contributed by atoms with Crippen LogP contribution in [0.3, 0.4) is 0 Å². The highest BCUT2D eigenvalue weighted by Crippen LogP contribution is 2.25. The van der Waals surface area contributed by atoms with Gasteiger partial charge in [0.15, 0.2) is 6.20 Å². The van der Waals surface area contributed by atoms with Crippen LogP contribution in [0, 0.1) is 0 Å². The zero-order valence-corrected chi connectivity index (χ0v) is 7.54. The van der Waals surface area contributed by atoms with Crippen molar-refractivity contribution < 1.29 is 4.98 Å². The molecule has 0 fully saturated rings. The van der Waals surface area contributed by atoms with E-state index in [4.69, 9.17) is 5.73 Å². The molecule has 0 amide bonds. The average Bonchev–Trinajstić information content (AvgIpc) is 2.65. The first-order valence-corrected chi connectivity index (χ1v) is 4.52. The second-order valence-corrected chi connectivity index (χ2v) is 3.36. The van der Waals surface area contributed by atoms with E-state index in [-0.39, 0.29) is 0 Å². The number of nitrogens with two attached hydrogens (primary N) is 1. The third-order valence-electron chi connectivity index (χ3n) is 2.52. The van der Waals surface area contributed by atoms with Gasteiger partial charge in [-0.3, -0.25) is 0 Å². The van der Waals surface area contributed by atoms with Crippen molar-refractivity contribution in [2.24, 2.45) is 0 Å². The van der Waals surface area contributed by atoms with E-state index >= 15 is 0 Å². The van der Waals surface area contributed by atoms with Crippen LogP contribution in [-0.2, 0) is 0 Å². The van der Waals surface area contributed by atoms with Crippen LogP contribution in [0.4, 0.5) is 5.69 Å². The maximum atomic E-state index is 5.94. The summed E-state index contributed by atoms with van der Waals surface area (Å²) in [5.74, 6) is 0. The van der Waals surface area contributed by atoms with Crippen molar-refractivity contribution in [3.63, 3.8) is 0 Å². The standard InChI is InChI=1S/C11H9N3/c12-8-4-6-13-9-2-1-7-3-5-14-11(7)10(8)9/h1-6,13H,12H2/p+1. The Kier molecular flexibility index (Phi) is 1.31. The summed E-state index contributed by atoms with van der Waals surface area (Å²) in [5.41, 5.74) is 8.89. The summed E-state index contributed by atoms with van der Waals surface area (Å²) in [7, 11) is 0. The fourth-order valence-corrected chi connectivity index (χ4v) is 1.85. The predicted octanol–water partition coefficient (Wildman–Crippen LogP) is 1.72. The van der Waals surface area contributed by atoms with Gasteiger partial charge in [0.25, 0.3) is 0 Å². The zero-order chi connectivity index (χ0) is 9.54. The maximum absolute atomic E-state index is 5.94. The third kappa shape index (κ3) is 0.836. The number of hydrogen-bond acceptors (Lipinski definition) is 1. The van der Waals surface area contributed by atoms with E-state index < -0.39 is 0 Å². The molecule has 3 rings (SSSR count). The van der Waals surface area contributed by atoms with E-state index in [1.165, 1.54) is 5.39 Å². The van der Waals surface area contributed by atoms with E-state index in [1.54, 1.807) is 0 Å². The Hall–Kier alpha value is -2.03. The van der Waals surface area contributed by atoms with Crippen molar-refractivity contribution in [1.82, 2.24) is 4.98 Å².